The highest BCUT2D eigenvalue weighted by Crippen LogP contribution is 2.36. The molecule has 8 nitrogen and oxygen atoms in total. The van der Waals surface area contributed by atoms with Crippen LogP contribution in [0.1, 0.15) is 245 Å². The van der Waals surface area contributed by atoms with E-state index in [9.17, 15) is 14.2 Å². The normalized spacial score (nSPS) is 12.7. The molecule has 0 aromatic rings. The molecule has 0 saturated carbocycles. The molecular weight excluding hydrogens is 748 g/mol. The third-order valence-electron chi connectivity index (χ3n) is 10.7. The number of carbonyl (C=O) groups is 2. The maximum atomic E-state index is 12.4. The third-order valence-corrected chi connectivity index (χ3v) is 11.2. The topological polar surface area (TPSA) is 119 Å². The number of unbranched alkanes of at least 4 members (excludes halogenated alkanes) is 29. The van der Waals surface area contributed by atoms with Crippen molar-refractivity contribution < 1.29 is 37.9 Å². The molecule has 9 heteroatoms. The van der Waals surface area contributed by atoms with E-state index < -0.39 is 32.5 Å². The van der Waals surface area contributed by atoms with Crippen LogP contribution in [0.4, 0.5) is 0 Å². The van der Waals surface area contributed by atoms with Gasteiger partial charge in [-0.25, -0.2) is 4.57 Å². The summed E-state index contributed by atoms with van der Waals surface area (Å²) in [6.07, 6.45) is 54.5. The molecule has 0 rings (SSSR count). The van der Waals surface area contributed by atoms with Crippen molar-refractivity contribution in [3.63, 3.8) is 0 Å². The van der Waals surface area contributed by atoms with Crippen LogP contribution in [0.25, 0.3) is 0 Å². The summed E-state index contributed by atoms with van der Waals surface area (Å²) in [6.45, 7) is 3.60. The van der Waals surface area contributed by atoms with Crippen molar-refractivity contribution in [1.82, 2.24) is 0 Å². The minimum atomic E-state index is -4.76. The van der Waals surface area contributed by atoms with Crippen LogP contribution in [0, 0.1) is 0 Å². The highest BCUT2D eigenvalue weighted by molar-refractivity contribution is 7.46. The molecule has 0 amide bonds. The Morgan fingerprint density at radius 2 is 0.828 bits per heavy atom. The van der Waals surface area contributed by atoms with E-state index in [1.807, 2.05) is 0 Å². The first-order valence-corrected chi connectivity index (χ1v) is 25.8. The summed E-state index contributed by atoms with van der Waals surface area (Å²) in [5, 5.41) is 0. The van der Waals surface area contributed by atoms with Gasteiger partial charge in [-0.2, -0.15) is 0 Å². The van der Waals surface area contributed by atoms with Crippen LogP contribution >= 0.6 is 7.82 Å². The molecule has 340 valence electrons. The van der Waals surface area contributed by atoms with Gasteiger partial charge in [-0.3, -0.25) is 14.1 Å². The average molecular weight is 839 g/mol. The average Bonchev–Trinajstić information content (AvgIpc) is 3.20. The molecule has 0 aromatic carbocycles. The first-order chi connectivity index (χ1) is 28.3. The number of ether oxygens (including phenoxy) is 2. The fourth-order valence-electron chi connectivity index (χ4n) is 7.10. The Bertz CT molecular complexity index is 1040. The Hall–Kier alpha value is -1.73. The minimum absolute atomic E-state index is 0.202. The van der Waals surface area contributed by atoms with Gasteiger partial charge in [0.15, 0.2) is 6.10 Å². The third kappa shape index (κ3) is 47.0. The number of rotatable bonds is 45. The molecule has 1 unspecified atom stereocenters. The number of phosphoric acid groups is 1. The smallest absolute Gasteiger partial charge is 0.462 e. The van der Waals surface area contributed by atoms with Crippen LogP contribution in [0.2, 0.25) is 0 Å². The lowest BCUT2D eigenvalue weighted by atomic mass is 10.0. The Morgan fingerprint density at radius 1 is 0.466 bits per heavy atom. The maximum absolute atomic E-state index is 12.4. The SMILES string of the molecule is CC/C=C\C/C=C\C/C=C\CCCCCCCCCC(=O)OC(COC(=O)CCCCCCCCCCCCCCCCCCCCCCCCC)COP(=O)(O)O. The molecule has 1 atom stereocenters. The molecule has 0 heterocycles. The van der Waals surface area contributed by atoms with Crippen molar-refractivity contribution in [2.24, 2.45) is 0 Å². The van der Waals surface area contributed by atoms with E-state index in [0.717, 1.165) is 64.2 Å². The predicted molar refractivity (Wildman–Crippen MR) is 244 cm³/mol. The Kier molecular flexibility index (Phi) is 43.5. The number of esters is 2. The summed E-state index contributed by atoms with van der Waals surface area (Å²) in [5.74, 6) is -0.885. The van der Waals surface area contributed by atoms with Crippen molar-refractivity contribution in [3.05, 3.63) is 36.5 Å². The van der Waals surface area contributed by atoms with Crippen LogP contribution in [-0.2, 0) is 28.2 Å². The van der Waals surface area contributed by atoms with Gasteiger partial charge in [0.05, 0.1) is 6.61 Å². The van der Waals surface area contributed by atoms with Crippen LogP contribution in [0.5, 0.6) is 0 Å². The first kappa shape index (κ1) is 56.3. The molecule has 0 fully saturated rings. The quantitative estimate of drug-likeness (QED) is 0.0269. The van der Waals surface area contributed by atoms with Gasteiger partial charge in [0.25, 0.3) is 0 Å². The van der Waals surface area contributed by atoms with E-state index in [1.54, 1.807) is 0 Å². The fraction of sp³-hybridized carbons (Fsp3) is 0.837. The summed E-state index contributed by atoms with van der Waals surface area (Å²) < 4.78 is 26.5. The van der Waals surface area contributed by atoms with Crippen LogP contribution in [-0.4, -0.2) is 41.0 Å². The fourth-order valence-corrected chi connectivity index (χ4v) is 7.46. The zero-order valence-electron chi connectivity index (χ0n) is 37.7. The first-order valence-electron chi connectivity index (χ1n) is 24.3. The molecule has 0 aliphatic heterocycles. The van der Waals surface area contributed by atoms with Crippen molar-refractivity contribution in [2.45, 2.75) is 251 Å². The molecule has 0 spiro atoms. The second-order valence-electron chi connectivity index (χ2n) is 16.4. The maximum Gasteiger partial charge on any atom is 0.469 e. The lowest BCUT2D eigenvalue weighted by molar-refractivity contribution is -0.161. The molecular formula is C49H91O8P. The number of hydrogen-bond donors (Lipinski definition) is 2. The molecule has 0 saturated heterocycles. The van der Waals surface area contributed by atoms with Crippen LogP contribution in [0.3, 0.4) is 0 Å². The molecule has 0 radical (unpaired) electrons. The van der Waals surface area contributed by atoms with Gasteiger partial charge in [-0.1, -0.05) is 224 Å². The summed E-state index contributed by atoms with van der Waals surface area (Å²) in [6, 6.07) is 0. The van der Waals surface area contributed by atoms with Crippen molar-refractivity contribution in [3.8, 4) is 0 Å². The van der Waals surface area contributed by atoms with Gasteiger partial charge in [-0.05, 0) is 44.9 Å². The Balaban J connectivity index is 3.80. The molecule has 0 aromatic heterocycles. The standard InChI is InChI=1S/C49H91O8P/c1-3-5-7-9-11-13-15-17-19-21-22-23-24-25-26-28-29-31-33-35-37-39-41-43-48(50)55-45-47(46-56-58(52,53)54)57-49(51)44-42-40-38-36-34-32-30-27-20-18-16-14-12-10-8-6-4-2/h6,8,12,14,18,20,47H,3-5,7,9-11,13,15-17,19,21-46H2,1-2H3,(H2,52,53,54)/b8-6-,14-12-,20-18-. The minimum Gasteiger partial charge on any atom is -0.462 e. The number of allylic oxidation sites excluding steroid dienone is 6. The summed E-state index contributed by atoms with van der Waals surface area (Å²) in [5.41, 5.74) is 0. The predicted octanol–water partition coefficient (Wildman–Crippen LogP) is 15.3. The summed E-state index contributed by atoms with van der Waals surface area (Å²) in [4.78, 5) is 43.0. The monoisotopic (exact) mass is 839 g/mol. The molecule has 0 aliphatic carbocycles. The van der Waals surface area contributed by atoms with E-state index in [-0.39, 0.29) is 19.4 Å². The lowest BCUT2D eigenvalue weighted by Crippen LogP contribution is -2.29. The lowest BCUT2D eigenvalue weighted by Gasteiger charge is -2.18. The van der Waals surface area contributed by atoms with Gasteiger partial charge in [0.2, 0.25) is 0 Å². The van der Waals surface area contributed by atoms with Crippen molar-refractivity contribution >= 4 is 19.8 Å². The Labute approximate surface area is 357 Å². The van der Waals surface area contributed by atoms with Crippen LogP contribution < -0.4 is 0 Å². The highest BCUT2D eigenvalue weighted by atomic mass is 31.2. The van der Waals surface area contributed by atoms with E-state index in [2.05, 4.69) is 54.8 Å². The van der Waals surface area contributed by atoms with Gasteiger partial charge >= 0.3 is 19.8 Å². The van der Waals surface area contributed by atoms with Gasteiger partial charge < -0.3 is 19.3 Å². The van der Waals surface area contributed by atoms with E-state index in [0.29, 0.717) is 6.42 Å². The van der Waals surface area contributed by atoms with Gasteiger partial charge in [0, 0.05) is 12.8 Å². The zero-order valence-corrected chi connectivity index (χ0v) is 38.6. The second kappa shape index (κ2) is 44.8. The largest absolute Gasteiger partial charge is 0.469 e. The molecule has 58 heavy (non-hydrogen) atoms. The van der Waals surface area contributed by atoms with Gasteiger partial charge in [0.1, 0.15) is 6.61 Å². The van der Waals surface area contributed by atoms with E-state index in [1.165, 1.54) is 148 Å². The summed E-state index contributed by atoms with van der Waals surface area (Å²) >= 11 is 0. The summed E-state index contributed by atoms with van der Waals surface area (Å²) in [7, 11) is -4.76. The van der Waals surface area contributed by atoms with E-state index in [4.69, 9.17) is 19.3 Å². The van der Waals surface area contributed by atoms with Gasteiger partial charge in [-0.15, -0.1) is 0 Å². The number of phosphoric ester groups is 1. The molecule has 0 aliphatic rings. The number of carbonyl (C=O) groups excluding carboxylic acids is 2. The zero-order chi connectivity index (χ0) is 42.5. The Morgan fingerprint density at radius 3 is 1.24 bits per heavy atom. The van der Waals surface area contributed by atoms with Crippen LogP contribution in [0.15, 0.2) is 36.5 Å². The van der Waals surface area contributed by atoms with Crippen molar-refractivity contribution in [1.29, 1.82) is 0 Å². The number of hydrogen-bond acceptors (Lipinski definition) is 6. The highest BCUT2D eigenvalue weighted by Gasteiger charge is 2.23. The molecule has 0 bridgehead atoms. The van der Waals surface area contributed by atoms with Crippen molar-refractivity contribution in [2.75, 3.05) is 13.2 Å². The van der Waals surface area contributed by atoms with E-state index >= 15 is 0 Å². The molecule has 2 N–H and O–H groups in total. The second-order valence-corrected chi connectivity index (χ2v) is 17.7.